The zero-order valence-corrected chi connectivity index (χ0v) is 7.27. The molecule has 0 aliphatic rings. The van der Waals surface area contributed by atoms with Gasteiger partial charge >= 0.3 is 0 Å². The van der Waals surface area contributed by atoms with E-state index in [1.54, 1.807) is 0 Å². The number of rotatable bonds is 3. The molecule has 0 amide bonds. The van der Waals surface area contributed by atoms with Crippen molar-refractivity contribution in [3.8, 4) is 5.88 Å². The predicted octanol–water partition coefficient (Wildman–Crippen LogP) is -0.694. The highest BCUT2D eigenvalue weighted by Crippen LogP contribution is 2.19. The molecule has 0 atom stereocenters. The van der Waals surface area contributed by atoms with Gasteiger partial charge in [-0.15, -0.1) is 0 Å². The first kappa shape index (κ1) is 8.70. The number of nitrogen functional groups attached to an aromatic ring is 1. The van der Waals surface area contributed by atoms with Gasteiger partial charge in [0.15, 0.2) is 11.2 Å². The standard InChI is InChI=1S/C7H9N5O2/c8-7-11-5-4(9-3-10-5)6(12-7)14-2-1-13/h3,13H,1-2H2,(H3,8,9,10,11,12). The summed E-state index contributed by atoms with van der Waals surface area (Å²) >= 11 is 0. The van der Waals surface area contributed by atoms with Crippen molar-refractivity contribution in [2.75, 3.05) is 18.9 Å². The van der Waals surface area contributed by atoms with Gasteiger partial charge in [-0.25, -0.2) is 4.98 Å². The average molecular weight is 195 g/mol. The normalized spacial score (nSPS) is 10.6. The van der Waals surface area contributed by atoms with Gasteiger partial charge in [-0.05, 0) is 0 Å². The Kier molecular flexibility index (Phi) is 2.15. The van der Waals surface area contributed by atoms with Gasteiger partial charge in [0.2, 0.25) is 11.8 Å². The van der Waals surface area contributed by atoms with Crippen LogP contribution in [0.15, 0.2) is 6.33 Å². The fourth-order valence-electron chi connectivity index (χ4n) is 1.07. The van der Waals surface area contributed by atoms with E-state index in [0.717, 1.165) is 0 Å². The number of ether oxygens (including phenoxy) is 1. The molecule has 0 unspecified atom stereocenters. The van der Waals surface area contributed by atoms with E-state index < -0.39 is 0 Å². The lowest BCUT2D eigenvalue weighted by Gasteiger charge is -2.03. The van der Waals surface area contributed by atoms with E-state index in [1.807, 2.05) is 0 Å². The molecule has 0 fully saturated rings. The van der Waals surface area contributed by atoms with Crippen LogP contribution in [0.1, 0.15) is 0 Å². The molecule has 0 bridgehead atoms. The number of nitrogens with two attached hydrogens (primary N) is 1. The Bertz CT molecular complexity index is 441. The Morgan fingerprint density at radius 1 is 1.50 bits per heavy atom. The second-order valence-electron chi connectivity index (χ2n) is 2.56. The number of aliphatic hydroxyl groups is 1. The van der Waals surface area contributed by atoms with Crippen molar-refractivity contribution >= 4 is 17.1 Å². The van der Waals surface area contributed by atoms with Crippen LogP contribution >= 0.6 is 0 Å². The summed E-state index contributed by atoms with van der Waals surface area (Å²) in [6.07, 6.45) is 1.48. The SMILES string of the molecule is Nc1nc(OCCO)c2nc[nH]c2n1. The Morgan fingerprint density at radius 3 is 3.14 bits per heavy atom. The van der Waals surface area contributed by atoms with Gasteiger partial charge in [0.25, 0.3) is 0 Å². The van der Waals surface area contributed by atoms with Crippen LogP contribution in [0.2, 0.25) is 0 Å². The molecule has 7 nitrogen and oxygen atoms in total. The number of anilines is 1. The monoisotopic (exact) mass is 195 g/mol. The van der Waals surface area contributed by atoms with Crippen LogP contribution in [0.4, 0.5) is 5.95 Å². The van der Waals surface area contributed by atoms with E-state index in [1.165, 1.54) is 6.33 Å². The first-order valence-corrected chi connectivity index (χ1v) is 4.01. The summed E-state index contributed by atoms with van der Waals surface area (Å²) in [5, 5.41) is 8.59. The van der Waals surface area contributed by atoms with Gasteiger partial charge in [0, 0.05) is 0 Å². The maximum Gasteiger partial charge on any atom is 0.247 e. The molecular weight excluding hydrogens is 186 g/mol. The van der Waals surface area contributed by atoms with Crippen molar-refractivity contribution in [3.05, 3.63) is 6.33 Å². The number of aromatic amines is 1. The minimum absolute atomic E-state index is 0.0875. The van der Waals surface area contributed by atoms with E-state index in [9.17, 15) is 0 Å². The van der Waals surface area contributed by atoms with Crippen LogP contribution in [0.25, 0.3) is 11.2 Å². The van der Waals surface area contributed by atoms with Crippen LogP contribution < -0.4 is 10.5 Å². The highest BCUT2D eigenvalue weighted by Gasteiger charge is 2.08. The van der Waals surface area contributed by atoms with E-state index in [0.29, 0.717) is 11.2 Å². The minimum Gasteiger partial charge on any atom is -0.474 e. The second-order valence-corrected chi connectivity index (χ2v) is 2.56. The zero-order chi connectivity index (χ0) is 9.97. The molecule has 0 saturated carbocycles. The number of aromatic nitrogens is 4. The van der Waals surface area contributed by atoms with Crippen LogP contribution in [-0.4, -0.2) is 38.3 Å². The number of nitrogens with zero attached hydrogens (tertiary/aromatic N) is 3. The number of aliphatic hydroxyl groups excluding tert-OH is 1. The molecule has 2 rings (SSSR count). The van der Waals surface area contributed by atoms with Gasteiger partial charge in [0.1, 0.15) is 6.61 Å². The molecule has 7 heteroatoms. The Hall–Kier alpha value is -1.89. The van der Waals surface area contributed by atoms with Crippen molar-refractivity contribution in [1.82, 2.24) is 19.9 Å². The van der Waals surface area contributed by atoms with Gasteiger partial charge in [-0.3, -0.25) is 0 Å². The maximum atomic E-state index is 8.59. The van der Waals surface area contributed by atoms with Crippen molar-refractivity contribution < 1.29 is 9.84 Å². The number of hydrogen-bond donors (Lipinski definition) is 3. The lowest BCUT2D eigenvalue weighted by molar-refractivity contribution is 0.198. The summed E-state index contributed by atoms with van der Waals surface area (Å²) in [7, 11) is 0. The third-order valence-corrected chi connectivity index (χ3v) is 1.59. The molecule has 4 N–H and O–H groups in total. The van der Waals surface area contributed by atoms with Gasteiger partial charge in [0.05, 0.1) is 12.9 Å². The fourth-order valence-corrected chi connectivity index (χ4v) is 1.07. The maximum absolute atomic E-state index is 8.59. The molecule has 2 heterocycles. The average Bonchev–Trinajstić information content (AvgIpc) is 2.61. The second kappa shape index (κ2) is 3.46. The van der Waals surface area contributed by atoms with E-state index in [4.69, 9.17) is 15.6 Å². The molecule has 2 aromatic heterocycles. The number of hydrogen-bond acceptors (Lipinski definition) is 6. The van der Waals surface area contributed by atoms with Crippen molar-refractivity contribution in [2.24, 2.45) is 0 Å². The van der Waals surface area contributed by atoms with E-state index >= 15 is 0 Å². The van der Waals surface area contributed by atoms with E-state index in [-0.39, 0.29) is 25.0 Å². The third-order valence-electron chi connectivity index (χ3n) is 1.59. The Morgan fingerprint density at radius 2 is 2.36 bits per heavy atom. The summed E-state index contributed by atoms with van der Waals surface area (Å²) in [6, 6.07) is 0. The minimum atomic E-state index is -0.0875. The summed E-state index contributed by atoms with van der Waals surface area (Å²) in [5.41, 5.74) is 6.47. The zero-order valence-electron chi connectivity index (χ0n) is 7.27. The van der Waals surface area contributed by atoms with E-state index in [2.05, 4.69) is 19.9 Å². The number of fused-ring (bicyclic) bond motifs is 1. The Labute approximate surface area is 79.0 Å². The van der Waals surface area contributed by atoms with Crippen LogP contribution in [0, 0.1) is 0 Å². The Balaban J connectivity index is 2.44. The molecule has 0 saturated heterocycles. The van der Waals surface area contributed by atoms with Gasteiger partial charge in [-0.2, -0.15) is 9.97 Å². The first-order valence-electron chi connectivity index (χ1n) is 4.01. The third kappa shape index (κ3) is 1.44. The summed E-state index contributed by atoms with van der Waals surface area (Å²) in [6.45, 7) is 0.0637. The highest BCUT2D eigenvalue weighted by molar-refractivity contribution is 5.76. The summed E-state index contributed by atoms with van der Waals surface area (Å²) < 4.78 is 5.14. The van der Waals surface area contributed by atoms with Crippen LogP contribution in [0.3, 0.4) is 0 Å². The number of imidazole rings is 1. The van der Waals surface area contributed by atoms with Crippen LogP contribution in [0.5, 0.6) is 5.88 Å². The molecule has 2 aromatic rings. The van der Waals surface area contributed by atoms with Gasteiger partial charge < -0.3 is 20.6 Å². The lowest BCUT2D eigenvalue weighted by Crippen LogP contribution is -2.05. The molecule has 0 aliphatic carbocycles. The van der Waals surface area contributed by atoms with Crippen molar-refractivity contribution in [1.29, 1.82) is 0 Å². The van der Waals surface area contributed by atoms with Gasteiger partial charge in [-0.1, -0.05) is 0 Å². The molecule has 0 aromatic carbocycles. The predicted molar refractivity (Wildman–Crippen MR) is 48.7 cm³/mol. The molecule has 74 valence electrons. The molecular formula is C7H9N5O2. The van der Waals surface area contributed by atoms with Crippen molar-refractivity contribution in [2.45, 2.75) is 0 Å². The largest absolute Gasteiger partial charge is 0.474 e. The summed E-state index contributed by atoms with van der Waals surface area (Å²) in [5.74, 6) is 0.387. The lowest BCUT2D eigenvalue weighted by atomic mass is 10.5. The molecule has 0 aliphatic heterocycles. The fraction of sp³-hybridized carbons (Fsp3) is 0.286. The molecule has 0 radical (unpaired) electrons. The smallest absolute Gasteiger partial charge is 0.247 e. The molecule has 14 heavy (non-hydrogen) atoms. The number of H-pyrrole nitrogens is 1. The highest BCUT2D eigenvalue weighted by atomic mass is 16.5. The first-order chi connectivity index (χ1) is 6.81. The topological polar surface area (TPSA) is 110 Å². The van der Waals surface area contributed by atoms with Crippen LogP contribution in [-0.2, 0) is 0 Å². The molecule has 0 spiro atoms. The number of nitrogens with one attached hydrogen (secondary N) is 1. The quantitative estimate of drug-likeness (QED) is 0.597. The summed E-state index contributed by atoms with van der Waals surface area (Å²) in [4.78, 5) is 14.5. The van der Waals surface area contributed by atoms with Crippen molar-refractivity contribution in [3.63, 3.8) is 0 Å².